The number of sulfonamides is 1. The highest BCUT2D eigenvalue weighted by molar-refractivity contribution is 7.98. The van der Waals surface area contributed by atoms with E-state index in [1.807, 2.05) is 0 Å². The molecule has 0 saturated heterocycles. The van der Waals surface area contributed by atoms with Gasteiger partial charge < -0.3 is 5.73 Å². The van der Waals surface area contributed by atoms with Crippen LogP contribution >= 0.6 is 23.4 Å². The molecule has 3 N–H and O–H groups in total. The SMILES string of the molecule is CSCCCCCNS(=O)(=O)c1c(N)cccc1Cl. The number of nitrogens with two attached hydrogens (primary N) is 1. The predicted octanol–water partition coefficient (Wildman–Crippen LogP) is 2.73. The molecule has 0 spiro atoms. The number of nitrogens with one attached hydrogen (secondary N) is 1. The third kappa shape index (κ3) is 5.22. The van der Waals surface area contributed by atoms with E-state index in [4.69, 9.17) is 17.3 Å². The molecule has 0 aliphatic rings. The maximum atomic E-state index is 12.1. The minimum absolute atomic E-state index is 0.0271. The maximum absolute atomic E-state index is 12.1. The maximum Gasteiger partial charge on any atom is 0.244 e. The fourth-order valence-corrected chi connectivity index (χ4v) is 3.88. The highest BCUT2D eigenvalue weighted by atomic mass is 35.5. The summed E-state index contributed by atoms with van der Waals surface area (Å²) >= 11 is 7.69. The van der Waals surface area contributed by atoms with Gasteiger partial charge in [-0.3, -0.25) is 0 Å². The molecular weight excluding hydrogens is 304 g/mol. The van der Waals surface area contributed by atoms with Gasteiger partial charge in [0.15, 0.2) is 0 Å². The average Bonchev–Trinajstić information content (AvgIpc) is 2.33. The van der Waals surface area contributed by atoms with Gasteiger partial charge in [-0.25, -0.2) is 13.1 Å². The smallest absolute Gasteiger partial charge is 0.244 e. The molecule has 0 aromatic heterocycles. The van der Waals surface area contributed by atoms with E-state index in [0.717, 1.165) is 25.0 Å². The summed E-state index contributed by atoms with van der Waals surface area (Å²) < 4.78 is 26.7. The number of hydrogen-bond donors (Lipinski definition) is 2. The van der Waals surface area contributed by atoms with E-state index < -0.39 is 10.0 Å². The highest BCUT2D eigenvalue weighted by Gasteiger charge is 2.20. The Kier molecular flexibility index (Phi) is 6.99. The van der Waals surface area contributed by atoms with Crippen molar-refractivity contribution in [2.75, 3.05) is 24.3 Å². The first-order valence-corrected chi connectivity index (χ1v) is 9.27. The first-order chi connectivity index (χ1) is 8.99. The van der Waals surface area contributed by atoms with Gasteiger partial charge in [-0.05, 0) is 37.0 Å². The first-order valence-electron chi connectivity index (χ1n) is 6.01. The molecule has 7 heteroatoms. The van der Waals surface area contributed by atoms with E-state index in [1.54, 1.807) is 17.8 Å². The van der Waals surface area contributed by atoms with Crippen LogP contribution in [0.15, 0.2) is 23.1 Å². The van der Waals surface area contributed by atoms with Crippen molar-refractivity contribution < 1.29 is 8.42 Å². The normalized spacial score (nSPS) is 11.7. The third-order valence-corrected chi connectivity index (χ3v) is 5.28. The molecular formula is C12H19ClN2O2S2. The van der Waals surface area contributed by atoms with Gasteiger partial charge in [-0.1, -0.05) is 24.1 Å². The molecule has 4 nitrogen and oxygen atoms in total. The molecule has 1 aromatic carbocycles. The summed E-state index contributed by atoms with van der Waals surface area (Å²) in [6.07, 6.45) is 4.96. The largest absolute Gasteiger partial charge is 0.398 e. The molecule has 0 heterocycles. The van der Waals surface area contributed by atoms with Crippen LogP contribution in [0.2, 0.25) is 5.02 Å². The molecule has 0 fully saturated rings. The molecule has 1 rings (SSSR count). The summed E-state index contributed by atoms with van der Waals surface area (Å²) in [7, 11) is -3.63. The van der Waals surface area contributed by atoms with E-state index in [1.165, 1.54) is 12.1 Å². The lowest BCUT2D eigenvalue weighted by Crippen LogP contribution is -2.26. The second-order valence-electron chi connectivity index (χ2n) is 4.11. The highest BCUT2D eigenvalue weighted by Crippen LogP contribution is 2.26. The minimum Gasteiger partial charge on any atom is -0.398 e. The van der Waals surface area contributed by atoms with Crippen molar-refractivity contribution in [2.24, 2.45) is 0 Å². The summed E-state index contributed by atoms with van der Waals surface area (Å²) in [5.41, 5.74) is 5.84. The Morgan fingerprint density at radius 2 is 2.05 bits per heavy atom. The number of anilines is 1. The summed E-state index contributed by atoms with van der Waals surface area (Å²) in [6.45, 7) is 0.404. The fourth-order valence-electron chi connectivity index (χ4n) is 1.64. The topological polar surface area (TPSA) is 72.2 Å². The van der Waals surface area contributed by atoms with Crippen molar-refractivity contribution in [1.29, 1.82) is 0 Å². The van der Waals surface area contributed by atoms with Crippen LogP contribution in [0.25, 0.3) is 0 Å². The molecule has 0 saturated carbocycles. The Morgan fingerprint density at radius 3 is 2.68 bits per heavy atom. The van der Waals surface area contributed by atoms with Gasteiger partial charge >= 0.3 is 0 Å². The second kappa shape index (κ2) is 7.99. The van der Waals surface area contributed by atoms with E-state index in [0.29, 0.717) is 6.54 Å². The van der Waals surface area contributed by atoms with Gasteiger partial charge in [-0.2, -0.15) is 11.8 Å². The zero-order valence-corrected chi connectivity index (χ0v) is 13.2. The van der Waals surface area contributed by atoms with Gasteiger partial charge in [0, 0.05) is 6.54 Å². The number of unbranched alkanes of at least 4 members (excludes halogenated alkanes) is 2. The van der Waals surface area contributed by atoms with Crippen molar-refractivity contribution >= 4 is 39.1 Å². The summed E-state index contributed by atoms with van der Waals surface area (Å²) in [5, 5.41) is 0.148. The van der Waals surface area contributed by atoms with E-state index >= 15 is 0 Å². The summed E-state index contributed by atoms with van der Waals surface area (Å²) in [4.78, 5) is -0.0271. The second-order valence-corrected chi connectivity index (χ2v) is 7.21. The van der Waals surface area contributed by atoms with Crippen molar-refractivity contribution in [3.63, 3.8) is 0 Å². The van der Waals surface area contributed by atoms with E-state index in [9.17, 15) is 8.42 Å². The van der Waals surface area contributed by atoms with Crippen LogP contribution in [0.4, 0.5) is 5.69 Å². The van der Waals surface area contributed by atoms with Crippen LogP contribution in [0.5, 0.6) is 0 Å². The van der Waals surface area contributed by atoms with Gasteiger partial charge in [0.2, 0.25) is 10.0 Å². The van der Waals surface area contributed by atoms with Gasteiger partial charge in [0.05, 0.1) is 10.7 Å². The van der Waals surface area contributed by atoms with Crippen LogP contribution < -0.4 is 10.5 Å². The Bertz CT molecular complexity index is 486. The molecule has 19 heavy (non-hydrogen) atoms. The standard InChI is InChI=1S/C12H19ClN2O2S2/c1-18-9-4-2-3-8-15-19(16,17)12-10(13)6-5-7-11(12)14/h5-7,15H,2-4,8-9,14H2,1H3. The molecule has 0 amide bonds. The lowest BCUT2D eigenvalue weighted by Gasteiger charge is -2.10. The molecule has 0 atom stereocenters. The Morgan fingerprint density at radius 1 is 1.32 bits per heavy atom. The van der Waals surface area contributed by atoms with E-state index in [2.05, 4.69) is 11.0 Å². The van der Waals surface area contributed by atoms with Crippen LogP contribution in [-0.2, 0) is 10.0 Å². The number of thioether (sulfide) groups is 1. The summed E-state index contributed by atoms with van der Waals surface area (Å²) in [5.74, 6) is 1.10. The minimum atomic E-state index is -3.63. The lowest BCUT2D eigenvalue weighted by atomic mass is 10.2. The zero-order valence-electron chi connectivity index (χ0n) is 10.9. The lowest BCUT2D eigenvalue weighted by molar-refractivity contribution is 0.576. The molecule has 108 valence electrons. The van der Waals surface area contributed by atoms with Crippen LogP contribution in [0, 0.1) is 0 Å². The average molecular weight is 323 g/mol. The fraction of sp³-hybridized carbons (Fsp3) is 0.500. The first kappa shape index (κ1) is 16.6. The number of rotatable bonds is 8. The van der Waals surface area contributed by atoms with Gasteiger partial charge in [0.25, 0.3) is 0 Å². The number of benzene rings is 1. The third-order valence-electron chi connectivity index (χ3n) is 2.58. The Hall–Kier alpha value is -0.430. The number of nitrogen functional groups attached to an aromatic ring is 1. The Balaban J connectivity index is 2.57. The molecule has 0 radical (unpaired) electrons. The van der Waals surface area contributed by atoms with Crippen molar-refractivity contribution in [2.45, 2.75) is 24.2 Å². The molecule has 0 unspecified atom stereocenters. The van der Waals surface area contributed by atoms with Gasteiger partial charge in [0.1, 0.15) is 4.90 Å². The Labute approximate surface area is 124 Å². The van der Waals surface area contributed by atoms with Crippen LogP contribution in [-0.4, -0.2) is 27.0 Å². The number of halogens is 1. The summed E-state index contributed by atoms with van der Waals surface area (Å²) in [6, 6.07) is 4.67. The van der Waals surface area contributed by atoms with Crippen LogP contribution in [0.1, 0.15) is 19.3 Å². The molecule has 1 aromatic rings. The van der Waals surface area contributed by atoms with Crippen molar-refractivity contribution in [3.05, 3.63) is 23.2 Å². The molecule has 0 aliphatic heterocycles. The molecule has 0 bridgehead atoms. The van der Waals surface area contributed by atoms with Crippen molar-refractivity contribution in [1.82, 2.24) is 4.72 Å². The number of hydrogen-bond acceptors (Lipinski definition) is 4. The molecule has 0 aliphatic carbocycles. The quantitative estimate of drug-likeness (QED) is 0.570. The van der Waals surface area contributed by atoms with Crippen molar-refractivity contribution in [3.8, 4) is 0 Å². The van der Waals surface area contributed by atoms with Gasteiger partial charge in [-0.15, -0.1) is 0 Å². The zero-order chi connectivity index (χ0) is 14.3. The van der Waals surface area contributed by atoms with Crippen LogP contribution in [0.3, 0.4) is 0 Å². The monoisotopic (exact) mass is 322 g/mol. The predicted molar refractivity (Wildman–Crippen MR) is 83.3 cm³/mol. The van der Waals surface area contributed by atoms with E-state index in [-0.39, 0.29) is 15.6 Å².